The average Bonchev–Trinajstić information content (AvgIpc) is 2.89. The summed E-state index contributed by atoms with van der Waals surface area (Å²) in [5.74, 6) is 1.76. The van der Waals surface area contributed by atoms with E-state index in [-0.39, 0.29) is 5.95 Å². The standard InChI is InChI=1S/C14H16N8O/c1-14(2)12-19-8-9(15)20-10(7-5-17-13(16)18-6-7)21-11(8)22(12)3-4-23-14/h5-6H,3-4H2,1-2H3,(H2,15,20,21)(H2,16,17,18). The number of rotatable bonds is 1. The van der Waals surface area contributed by atoms with Gasteiger partial charge in [0.15, 0.2) is 22.8 Å². The molecule has 0 spiro atoms. The van der Waals surface area contributed by atoms with Gasteiger partial charge in [-0.3, -0.25) is 0 Å². The molecular weight excluding hydrogens is 296 g/mol. The topological polar surface area (TPSA) is 131 Å². The van der Waals surface area contributed by atoms with Crippen LogP contribution in [0, 0.1) is 0 Å². The van der Waals surface area contributed by atoms with Crippen LogP contribution in [0.1, 0.15) is 19.7 Å². The van der Waals surface area contributed by atoms with Gasteiger partial charge in [-0.05, 0) is 13.8 Å². The number of nitrogens with zero attached hydrogens (tertiary/aromatic N) is 6. The highest BCUT2D eigenvalue weighted by Gasteiger charge is 2.33. The maximum Gasteiger partial charge on any atom is 0.219 e. The van der Waals surface area contributed by atoms with E-state index in [0.717, 1.165) is 5.82 Å². The molecule has 4 rings (SSSR count). The van der Waals surface area contributed by atoms with Crippen LogP contribution in [0.5, 0.6) is 0 Å². The van der Waals surface area contributed by atoms with Crippen molar-refractivity contribution in [1.82, 2.24) is 29.5 Å². The van der Waals surface area contributed by atoms with E-state index in [1.54, 1.807) is 12.4 Å². The van der Waals surface area contributed by atoms with Gasteiger partial charge in [-0.2, -0.15) is 0 Å². The van der Waals surface area contributed by atoms with E-state index in [9.17, 15) is 0 Å². The summed E-state index contributed by atoms with van der Waals surface area (Å²) in [6, 6.07) is 0. The molecule has 4 heterocycles. The molecule has 0 bridgehead atoms. The van der Waals surface area contributed by atoms with E-state index in [0.29, 0.717) is 41.5 Å². The Morgan fingerprint density at radius 1 is 1.13 bits per heavy atom. The number of nitrogen functional groups attached to an aromatic ring is 2. The molecule has 0 aliphatic carbocycles. The van der Waals surface area contributed by atoms with Crippen molar-refractivity contribution in [3.8, 4) is 11.4 Å². The third-order valence-electron chi connectivity index (χ3n) is 3.87. The Labute approximate surface area is 131 Å². The number of ether oxygens (including phenoxy) is 1. The molecule has 0 unspecified atom stereocenters. The third kappa shape index (κ3) is 2.08. The molecule has 4 N–H and O–H groups in total. The Bertz CT molecular complexity index is 899. The van der Waals surface area contributed by atoms with Crippen LogP contribution in [0.4, 0.5) is 11.8 Å². The van der Waals surface area contributed by atoms with Crippen LogP contribution in [0.2, 0.25) is 0 Å². The van der Waals surface area contributed by atoms with E-state index in [2.05, 4.69) is 24.9 Å². The first kappa shape index (κ1) is 13.8. The summed E-state index contributed by atoms with van der Waals surface area (Å²) in [5, 5.41) is 0. The van der Waals surface area contributed by atoms with Crippen molar-refractivity contribution in [3.63, 3.8) is 0 Å². The molecule has 0 amide bonds. The zero-order chi connectivity index (χ0) is 16.2. The number of fused-ring (bicyclic) bond motifs is 3. The van der Waals surface area contributed by atoms with E-state index in [1.807, 2.05) is 18.4 Å². The van der Waals surface area contributed by atoms with Crippen LogP contribution in [-0.4, -0.2) is 36.1 Å². The molecule has 23 heavy (non-hydrogen) atoms. The van der Waals surface area contributed by atoms with Gasteiger partial charge in [0.1, 0.15) is 11.4 Å². The van der Waals surface area contributed by atoms with Gasteiger partial charge in [-0.1, -0.05) is 0 Å². The van der Waals surface area contributed by atoms with Crippen molar-refractivity contribution in [2.75, 3.05) is 18.1 Å². The first-order valence-corrected chi connectivity index (χ1v) is 7.22. The molecule has 1 aliphatic rings. The summed E-state index contributed by atoms with van der Waals surface area (Å²) >= 11 is 0. The number of nitrogens with two attached hydrogens (primary N) is 2. The van der Waals surface area contributed by atoms with Crippen LogP contribution in [0.25, 0.3) is 22.6 Å². The molecule has 1 aliphatic heterocycles. The zero-order valence-corrected chi connectivity index (χ0v) is 12.8. The summed E-state index contributed by atoms with van der Waals surface area (Å²) in [5.41, 5.74) is 13.0. The Morgan fingerprint density at radius 3 is 2.61 bits per heavy atom. The Balaban J connectivity index is 1.95. The minimum atomic E-state index is -0.490. The van der Waals surface area contributed by atoms with Crippen molar-refractivity contribution >= 4 is 22.9 Å². The van der Waals surface area contributed by atoms with Gasteiger partial charge < -0.3 is 20.8 Å². The van der Waals surface area contributed by atoms with Gasteiger partial charge in [0, 0.05) is 18.9 Å². The maximum absolute atomic E-state index is 6.09. The van der Waals surface area contributed by atoms with Gasteiger partial charge in [0.2, 0.25) is 5.95 Å². The van der Waals surface area contributed by atoms with E-state index < -0.39 is 5.60 Å². The highest BCUT2D eigenvalue weighted by molar-refractivity contribution is 5.84. The molecule has 9 heteroatoms. The average molecular weight is 312 g/mol. The minimum Gasteiger partial charge on any atom is -0.382 e. The lowest BCUT2D eigenvalue weighted by Gasteiger charge is -2.30. The highest BCUT2D eigenvalue weighted by atomic mass is 16.5. The number of aromatic nitrogens is 6. The molecule has 0 aromatic carbocycles. The van der Waals surface area contributed by atoms with Gasteiger partial charge in [-0.15, -0.1) is 0 Å². The minimum absolute atomic E-state index is 0.198. The fraction of sp³-hybridized carbons (Fsp3) is 0.357. The molecule has 0 radical (unpaired) electrons. The Hall–Kier alpha value is -2.81. The monoisotopic (exact) mass is 312 g/mol. The van der Waals surface area contributed by atoms with Crippen molar-refractivity contribution in [1.29, 1.82) is 0 Å². The van der Waals surface area contributed by atoms with E-state index >= 15 is 0 Å². The van der Waals surface area contributed by atoms with Crippen molar-refractivity contribution < 1.29 is 4.74 Å². The fourth-order valence-electron chi connectivity index (χ4n) is 2.73. The summed E-state index contributed by atoms with van der Waals surface area (Å²) in [6.45, 7) is 5.21. The normalized spacial score (nSPS) is 16.4. The maximum atomic E-state index is 6.09. The summed E-state index contributed by atoms with van der Waals surface area (Å²) in [7, 11) is 0. The number of anilines is 2. The third-order valence-corrected chi connectivity index (χ3v) is 3.87. The highest BCUT2D eigenvalue weighted by Crippen LogP contribution is 2.32. The van der Waals surface area contributed by atoms with Crippen LogP contribution < -0.4 is 11.5 Å². The molecule has 0 saturated carbocycles. The molecule has 118 valence electrons. The Morgan fingerprint density at radius 2 is 1.87 bits per heavy atom. The number of imidazole rings is 1. The molecule has 3 aromatic heterocycles. The summed E-state index contributed by atoms with van der Waals surface area (Å²) in [4.78, 5) is 21.5. The molecule has 0 atom stereocenters. The lowest BCUT2D eigenvalue weighted by molar-refractivity contribution is -0.0530. The van der Waals surface area contributed by atoms with Crippen molar-refractivity contribution in [3.05, 3.63) is 18.2 Å². The van der Waals surface area contributed by atoms with Gasteiger partial charge >= 0.3 is 0 Å². The smallest absolute Gasteiger partial charge is 0.219 e. The first-order valence-electron chi connectivity index (χ1n) is 7.22. The number of hydrogen-bond donors (Lipinski definition) is 2. The van der Waals surface area contributed by atoms with Gasteiger partial charge in [0.25, 0.3) is 0 Å². The fourth-order valence-corrected chi connectivity index (χ4v) is 2.73. The molecule has 0 fully saturated rings. The van der Waals surface area contributed by atoms with E-state index in [4.69, 9.17) is 16.2 Å². The largest absolute Gasteiger partial charge is 0.382 e. The summed E-state index contributed by atoms with van der Waals surface area (Å²) in [6.07, 6.45) is 3.15. The zero-order valence-electron chi connectivity index (χ0n) is 12.8. The van der Waals surface area contributed by atoms with Gasteiger partial charge in [0.05, 0.1) is 12.2 Å². The first-order chi connectivity index (χ1) is 11.0. The lowest BCUT2D eigenvalue weighted by Crippen LogP contribution is -2.33. The van der Waals surface area contributed by atoms with E-state index in [1.165, 1.54) is 0 Å². The van der Waals surface area contributed by atoms with Crippen molar-refractivity contribution in [2.24, 2.45) is 0 Å². The van der Waals surface area contributed by atoms with Crippen LogP contribution in [0.15, 0.2) is 12.4 Å². The van der Waals surface area contributed by atoms with Crippen LogP contribution >= 0.6 is 0 Å². The quantitative estimate of drug-likeness (QED) is 0.671. The second-order valence-corrected chi connectivity index (χ2v) is 5.88. The molecule has 3 aromatic rings. The van der Waals surface area contributed by atoms with Gasteiger partial charge in [-0.25, -0.2) is 24.9 Å². The second kappa shape index (κ2) is 4.59. The number of hydrogen-bond acceptors (Lipinski definition) is 8. The Kier molecular flexibility index (Phi) is 2.76. The molecule has 9 nitrogen and oxygen atoms in total. The predicted molar refractivity (Wildman–Crippen MR) is 84.2 cm³/mol. The molecular formula is C14H16N8O. The second-order valence-electron chi connectivity index (χ2n) is 5.88. The van der Waals surface area contributed by atoms with Crippen LogP contribution in [-0.2, 0) is 16.9 Å². The molecule has 0 saturated heterocycles. The van der Waals surface area contributed by atoms with Crippen LogP contribution in [0.3, 0.4) is 0 Å². The summed E-state index contributed by atoms with van der Waals surface area (Å²) < 4.78 is 7.81. The SMILES string of the molecule is CC1(C)OCCn2c1nc1c(N)nc(-c3cnc(N)nc3)nc12. The predicted octanol–water partition coefficient (Wildman–Crippen LogP) is 0.713. The lowest BCUT2D eigenvalue weighted by atomic mass is 10.1. The van der Waals surface area contributed by atoms with Crippen molar-refractivity contribution in [2.45, 2.75) is 26.0 Å².